The van der Waals surface area contributed by atoms with Gasteiger partial charge in [0.05, 0.1) is 10.9 Å². The maximum Gasteiger partial charge on any atom is 0.241 e. The summed E-state index contributed by atoms with van der Waals surface area (Å²) in [7, 11) is -3.68. The third-order valence-corrected chi connectivity index (χ3v) is 4.76. The molecule has 7 heteroatoms. The lowest BCUT2D eigenvalue weighted by Gasteiger charge is -2.14. The summed E-state index contributed by atoms with van der Waals surface area (Å²) in [6.45, 7) is 4.10. The first kappa shape index (κ1) is 17.1. The summed E-state index contributed by atoms with van der Waals surface area (Å²) >= 11 is 3.24. The van der Waals surface area contributed by atoms with Crippen LogP contribution in [0.15, 0.2) is 33.6 Å². The highest BCUT2D eigenvalue weighted by atomic mass is 79.9. The Morgan fingerprint density at radius 2 is 1.90 bits per heavy atom. The van der Waals surface area contributed by atoms with Crippen LogP contribution in [0.3, 0.4) is 0 Å². The lowest BCUT2D eigenvalue weighted by atomic mass is 10.3. The zero-order valence-electron chi connectivity index (χ0n) is 11.5. The van der Waals surface area contributed by atoms with Crippen molar-refractivity contribution in [2.24, 2.45) is 0 Å². The van der Waals surface area contributed by atoms with Gasteiger partial charge in [-0.1, -0.05) is 29.3 Å². The van der Waals surface area contributed by atoms with Crippen molar-refractivity contribution in [3.63, 3.8) is 0 Å². The van der Waals surface area contributed by atoms with Gasteiger partial charge in [0.1, 0.15) is 0 Å². The molecule has 0 saturated carbocycles. The van der Waals surface area contributed by atoms with Gasteiger partial charge in [-0.05, 0) is 37.6 Å². The molecular formula is C13H19BrN2O3S. The molecule has 0 saturated heterocycles. The molecule has 0 bridgehead atoms. The maximum atomic E-state index is 12.1. The van der Waals surface area contributed by atoms with Crippen LogP contribution in [0, 0.1) is 0 Å². The monoisotopic (exact) mass is 362 g/mol. The number of nitrogens with one attached hydrogen (secondary N) is 2. The minimum absolute atomic E-state index is 0.133. The number of amides is 1. The summed E-state index contributed by atoms with van der Waals surface area (Å²) in [5.41, 5.74) is 0. The first-order valence-electron chi connectivity index (χ1n) is 6.42. The summed E-state index contributed by atoms with van der Waals surface area (Å²) in [5.74, 6) is -0.320. The smallest absolute Gasteiger partial charge is 0.241 e. The van der Waals surface area contributed by atoms with Crippen LogP contribution in [0.25, 0.3) is 0 Å². The SMILES string of the molecule is CCCCNC(=O)[C@@H](C)NS(=O)(=O)c1ccc(Br)cc1. The molecular weight excluding hydrogens is 344 g/mol. The van der Waals surface area contributed by atoms with Gasteiger partial charge in [0.15, 0.2) is 0 Å². The largest absolute Gasteiger partial charge is 0.355 e. The number of sulfonamides is 1. The average molecular weight is 363 g/mol. The number of benzene rings is 1. The summed E-state index contributed by atoms with van der Waals surface area (Å²) in [6, 6.07) is 5.43. The van der Waals surface area contributed by atoms with Gasteiger partial charge in [0.2, 0.25) is 15.9 Å². The Bertz CT molecular complexity index is 543. The highest BCUT2D eigenvalue weighted by Crippen LogP contribution is 2.14. The van der Waals surface area contributed by atoms with Gasteiger partial charge < -0.3 is 5.32 Å². The van der Waals surface area contributed by atoms with Gasteiger partial charge in [-0.2, -0.15) is 4.72 Å². The Kier molecular flexibility index (Phi) is 6.64. The van der Waals surface area contributed by atoms with Gasteiger partial charge in [0.25, 0.3) is 0 Å². The third-order valence-electron chi connectivity index (χ3n) is 2.68. The predicted molar refractivity (Wildman–Crippen MR) is 81.8 cm³/mol. The number of unbranched alkanes of at least 4 members (excludes halogenated alkanes) is 1. The topological polar surface area (TPSA) is 75.3 Å². The van der Waals surface area contributed by atoms with E-state index in [4.69, 9.17) is 0 Å². The Balaban J connectivity index is 2.66. The van der Waals surface area contributed by atoms with Gasteiger partial charge in [-0.25, -0.2) is 8.42 Å². The summed E-state index contributed by atoms with van der Waals surface area (Å²) in [4.78, 5) is 11.9. The molecule has 1 rings (SSSR count). The Hall–Kier alpha value is -0.920. The molecule has 2 N–H and O–H groups in total. The van der Waals surface area contributed by atoms with E-state index in [2.05, 4.69) is 26.0 Å². The second-order valence-corrected chi connectivity index (χ2v) is 7.07. The fourth-order valence-electron chi connectivity index (χ4n) is 1.51. The quantitative estimate of drug-likeness (QED) is 0.728. The van der Waals surface area contributed by atoms with E-state index >= 15 is 0 Å². The highest BCUT2D eigenvalue weighted by molar-refractivity contribution is 9.10. The summed E-state index contributed by atoms with van der Waals surface area (Å²) < 4.78 is 27.3. The number of rotatable bonds is 7. The molecule has 0 unspecified atom stereocenters. The van der Waals surface area contributed by atoms with E-state index in [-0.39, 0.29) is 10.8 Å². The van der Waals surface area contributed by atoms with Crippen molar-refractivity contribution in [1.82, 2.24) is 10.0 Å². The van der Waals surface area contributed by atoms with Crippen molar-refractivity contribution >= 4 is 31.9 Å². The number of carbonyl (C=O) groups excluding carboxylic acids is 1. The number of carbonyl (C=O) groups is 1. The second-order valence-electron chi connectivity index (χ2n) is 4.44. The second kappa shape index (κ2) is 7.75. The van der Waals surface area contributed by atoms with Crippen molar-refractivity contribution in [3.8, 4) is 0 Å². The van der Waals surface area contributed by atoms with Gasteiger partial charge in [-0.15, -0.1) is 0 Å². The molecule has 1 amide bonds. The molecule has 0 radical (unpaired) electrons. The molecule has 1 aromatic carbocycles. The molecule has 112 valence electrons. The molecule has 0 aliphatic rings. The Morgan fingerprint density at radius 3 is 2.45 bits per heavy atom. The van der Waals surface area contributed by atoms with E-state index in [1.165, 1.54) is 19.1 Å². The highest BCUT2D eigenvalue weighted by Gasteiger charge is 2.21. The van der Waals surface area contributed by atoms with Crippen molar-refractivity contribution in [2.45, 2.75) is 37.6 Å². The van der Waals surface area contributed by atoms with E-state index in [0.29, 0.717) is 6.54 Å². The fraction of sp³-hybridized carbons (Fsp3) is 0.462. The average Bonchev–Trinajstić information content (AvgIpc) is 2.38. The van der Waals surface area contributed by atoms with Crippen molar-refractivity contribution < 1.29 is 13.2 Å². The van der Waals surface area contributed by atoms with Crippen molar-refractivity contribution in [1.29, 1.82) is 0 Å². The van der Waals surface area contributed by atoms with Gasteiger partial charge in [-0.3, -0.25) is 4.79 Å². The van der Waals surface area contributed by atoms with Gasteiger partial charge >= 0.3 is 0 Å². The lowest BCUT2D eigenvalue weighted by Crippen LogP contribution is -2.44. The molecule has 0 heterocycles. The van der Waals surface area contributed by atoms with Crippen LogP contribution >= 0.6 is 15.9 Å². The van der Waals surface area contributed by atoms with Crippen LogP contribution in [-0.4, -0.2) is 26.9 Å². The van der Waals surface area contributed by atoms with E-state index < -0.39 is 16.1 Å². The van der Waals surface area contributed by atoms with Crippen molar-refractivity contribution in [3.05, 3.63) is 28.7 Å². The van der Waals surface area contributed by atoms with Crippen LogP contribution in [0.1, 0.15) is 26.7 Å². The Morgan fingerprint density at radius 1 is 1.30 bits per heavy atom. The molecule has 0 aliphatic heterocycles. The van der Waals surface area contributed by atoms with Crippen LogP contribution in [-0.2, 0) is 14.8 Å². The molecule has 5 nitrogen and oxygen atoms in total. The summed E-state index contributed by atoms with van der Waals surface area (Å²) in [6.07, 6.45) is 1.84. The van der Waals surface area contributed by atoms with Crippen LogP contribution < -0.4 is 10.0 Å². The molecule has 0 spiro atoms. The van der Waals surface area contributed by atoms with E-state index in [1.807, 2.05) is 6.92 Å². The minimum atomic E-state index is -3.68. The van der Waals surface area contributed by atoms with E-state index in [1.54, 1.807) is 12.1 Å². The first-order chi connectivity index (χ1) is 9.36. The first-order valence-corrected chi connectivity index (χ1v) is 8.70. The molecule has 0 aromatic heterocycles. The maximum absolute atomic E-state index is 12.1. The van der Waals surface area contributed by atoms with Crippen LogP contribution in [0.4, 0.5) is 0 Å². The zero-order valence-corrected chi connectivity index (χ0v) is 13.9. The molecule has 0 aliphatic carbocycles. The normalized spacial score (nSPS) is 12.9. The number of halogens is 1. The number of hydrogen-bond donors (Lipinski definition) is 2. The molecule has 1 aromatic rings. The summed E-state index contributed by atoms with van der Waals surface area (Å²) in [5, 5.41) is 2.69. The molecule has 20 heavy (non-hydrogen) atoms. The minimum Gasteiger partial charge on any atom is -0.355 e. The molecule has 0 fully saturated rings. The van der Waals surface area contributed by atoms with E-state index in [9.17, 15) is 13.2 Å². The fourth-order valence-corrected chi connectivity index (χ4v) is 2.98. The predicted octanol–water partition coefficient (Wildman–Crippen LogP) is 2.03. The number of hydrogen-bond acceptors (Lipinski definition) is 3. The standard InChI is InChI=1S/C13H19BrN2O3S/c1-3-4-9-15-13(17)10(2)16-20(18,19)12-7-5-11(14)6-8-12/h5-8,10,16H,3-4,9H2,1-2H3,(H,15,17)/t10-/m1/s1. The van der Waals surface area contributed by atoms with Crippen molar-refractivity contribution in [2.75, 3.05) is 6.54 Å². The van der Waals surface area contributed by atoms with Gasteiger partial charge in [0, 0.05) is 11.0 Å². The van der Waals surface area contributed by atoms with Crippen LogP contribution in [0.2, 0.25) is 0 Å². The van der Waals surface area contributed by atoms with E-state index in [0.717, 1.165) is 17.3 Å². The zero-order chi connectivity index (χ0) is 15.2. The van der Waals surface area contributed by atoms with Crippen LogP contribution in [0.5, 0.6) is 0 Å². The Labute approximate surface area is 128 Å². The lowest BCUT2D eigenvalue weighted by molar-refractivity contribution is -0.122. The third kappa shape index (κ3) is 5.22. The molecule has 1 atom stereocenters.